The van der Waals surface area contributed by atoms with Crippen LogP contribution < -0.4 is 21.4 Å². The molecule has 258 valence electrons. The monoisotopic (exact) mass is 701 g/mol. The highest BCUT2D eigenvalue weighted by molar-refractivity contribution is 8.77. The van der Waals surface area contributed by atoms with Crippen LogP contribution in [0.2, 0.25) is 0 Å². The summed E-state index contributed by atoms with van der Waals surface area (Å²) in [4.78, 5) is 42.1. The Bertz CT molecular complexity index is 1940. The van der Waals surface area contributed by atoms with Crippen LogP contribution in [-0.2, 0) is 20.7 Å². The van der Waals surface area contributed by atoms with Gasteiger partial charge in [-0.2, -0.15) is 0 Å². The first kappa shape index (κ1) is 32.6. The van der Waals surface area contributed by atoms with Crippen LogP contribution >= 0.6 is 21.6 Å². The lowest BCUT2D eigenvalue weighted by Gasteiger charge is -2.54. The lowest BCUT2D eigenvalue weighted by molar-refractivity contribution is -0.186. The summed E-state index contributed by atoms with van der Waals surface area (Å²) >= 11 is 0. The maximum atomic E-state index is 14.2. The van der Waals surface area contributed by atoms with E-state index in [1.54, 1.807) is 25.1 Å². The summed E-state index contributed by atoms with van der Waals surface area (Å²) in [6, 6.07) is 7.26. The molecule has 6 aliphatic rings. The number of nitrogens with two attached hydrogens (primary N) is 1. The molecule has 1 aromatic heterocycles. The number of benzene rings is 1. The van der Waals surface area contributed by atoms with E-state index < -0.39 is 22.8 Å². The van der Waals surface area contributed by atoms with Gasteiger partial charge in [-0.15, -0.1) is 0 Å². The van der Waals surface area contributed by atoms with E-state index in [2.05, 4.69) is 16.3 Å². The van der Waals surface area contributed by atoms with E-state index in [9.17, 15) is 14.4 Å². The van der Waals surface area contributed by atoms with Gasteiger partial charge in [0, 0.05) is 65.6 Å². The number of hydrogen-bond donors (Lipinski definition) is 2. The number of ether oxygens (including phenoxy) is 2. The second kappa shape index (κ2) is 12.0. The zero-order chi connectivity index (χ0) is 34.1. The van der Waals surface area contributed by atoms with E-state index in [1.807, 2.05) is 47.6 Å². The third-order valence-corrected chi connectivity index (χ3v) is 15.1. The van der Waals surface area contributed by atoms with Gasteiger partial charge >= 0.3 is 11.6 Å². The van der Waals surface area contributed by atoms with Crippen LogP contribution in [0.1, 0.15) is 71.3 Å². The van der Waals surface area contributed by atoms with Crippen molar-refractivity contribution in [1.29, 1.82) is 0 Å². The van der Waals surface area contributed by atoms with Gasteiger partial charge in [0.1, 0.15) is 11.3 Å². The van der Waals surface area contributed by atoms with E-state index in [4.69, 9.17) is 19.6 Å². The molecule has 11 heteroatoms. The van der Waals surface area contributed by atoms with E-state index >= 15 is 0 Å². The molecule has 1 saturated carbocycles. The van der Waals surface area contributed by atoms with Gasteiger partial charge in [0.05, 0.1) is 18.2 Å². The van der Waals surface area contributed by atoms with Crippen molar-refractivity contribution in [2.24, 2.45) is 11.7 Å². The predicted octanol–water partition coefficient (Wildman–Crippen LogP) is 6.08. The van der Waals surface area contributed by atoms with E-state index in [1.165, 1.54) is 24.5 Å². The Hall–Kier alpha value is -3.57. The van der Waals surface area contributed by atoms with Gasteiger partial charge in [-0.3, -0.25) is 4.79 Å². The minimum absolute atomic E-state index is 0.0602. The van der Waals surface area contributed by atoms with Crippen molar-refractivity contribution in [3.8, 4) is 5.75 Å². The molecule has 2 spiro atoms. The molecular weight excluding hydrogens is 659 g/mol. The standard InChI is InChI=1S/C38H43N3O6S2/c1-4-22(2)35(44)47-36(3)13-9-24-21-48-49-37(11-5-6-12-37)30-10-14-41(30)32(42)16-26-20-40-31(39)17-27(26)34(24)38(36)19-25-15-23-7-8-33(43)45-28(23)18-29(25)46-38/h4,7-9,15,17-18,30,34,40H,5-6,10-14,16,19-21,39H2,1-3H3. The number of amides is 1. The molecule has 1 aromatic carbocycles. The largest absolute Gasteiger partial charge is 0.481 e. The highest BCUT2D eigenvalue weighted by Crippen LogP contribution is 2.59. The second-order valence-electron chi connectivity index (χ2n) is 14.6. The second-order valence-corrected chi connectivity index (χ2v) is 17.3. The minimum Gasteiger partial charge on any atom is -0.481 e. The van der Waals surface area contributed by atoms with E-state index in [0.29, 0.717) is 42.1 Å². The smallest absolute Gasteiger partial charge is 0.336 e. The Kier molecular flexibility index (Phi) is 8.02. The topological polar surface area (TPSA) is 124 Å². The van der Waals surface area contributed by atoms with Gasteiger partial charge < -0.3 is 29.8 Å². The SMILES string of the molecule is CC=C(C)C(=O)OC1(C)CC=C2CSSC3(CCCC3)C3CCN3C(=O)CC3=C(C=C(N)NC3)C2C12Cc1cc3ccc(=O)oc3cc1O2. The van der Waals surface area contributed by atoms with Gasteiger partial charge in [-0.05, 0) is 75.0 Å². The number of nitrogens with zero attached hydrogens (tertiary/aromatic N) is 1. The normalized spacial score (nSPS) is 30.9. The lowest BCUT2D eigenvalue weighted by atomic mass is 9.61. The maximum Gasteiger partial charge on any atom is 0.336 e. The Morgan fingerprint density at radius 1 is 1.20 bits per heavy atom. The molecule has 3 N–H and O–H groups in total. The summed E-state index contributed by atoms with van der Waals surface area (Å²) in [5, 5.41) is 4.10. The van der Waals surface area contributed by atoms with Crippen molar-refractivity contribution in [2.75, 3.05) is 18.8 Å². The molecule has 1 saturated heterocycles. The Labute approximate surface area is 294 Å². The Morgan fingerprint density at radius 3 is 2.78 bits per heavy atom. The Morgan fingerprint density at radius 2 is 2.02 bits per heavy atom. The van der Waals surface area contributed by atoms with Crippen LogP contribution in [-0.4, -0.2) is 57.6 Å². The van der Waals surface area contributed by atoms with Crippen molar-refractivity contribution in [2.45, 2.75) is 94.1 Å². The summed E-state index contributed by atoms with van der Waals surface area (Å²) in [7, 11) is 3.85. The first-order valence-electron chi connectivity index (χ1n) is 17.4. The summed E-state index contributed by atoms with van der Waals surface area (Å²) in [6.45, 7) is 6.81. The highest BCUT2D eigenvalue weighted by atomic mass is 33.1. The first-order valence-corrected chi connectivity index (χ1v) is 19.7. The molecule has 5 heterocycles. The zero-order valence-electron chi connectivity index (χ0n) is 28.3. The number of carbonyl (C=O) groups excluding carboxylic acids is 2. The minimum atomic E-state index is -1.10. The average Bonchev–Trinajstić information content (AvgIpc) is 3.67. The quantitative estimate of drug-likeness (QED) is 0.125. The molecule has 8 rings (SSSR count). The number of carbonyl (C=O) groups is 2. The molecule has 0 bridgehead atoms. The molecule has 9 nitrogen and oxygen atoms in total. The van der Waals surface area contributed by atoms with Crippen LogP contribution in [0, 0.1) is 5.92 Å². The molecule has 4 aliphatic heterocycles. The molecule has 2 aromatic rings. The van der Waals surface area contributed by atoms with Gasteiger partial charge in [0.25, 0.3) is 0 Å². The fraction of sp³-hybridized carbons (Fsp3) is 0.500. The molecule has 0 radical (unpaired) electrons. The maximum absolute atomic E-state index is 14.2. The van der Waals surface area contributed by atoms with Crippen molar-refractivity contribution in [3.63, 3.8) is 0 Å². The first-order chi connectivity index (χ1) is 23.5. The number of fused-ring (bicyclic) bond motifs is 7. The van der Waals surface area contributed by atoms with E-state index in [0.717, 1.165) is 53.7 Å². The molecule has 49 heavy (non-hydrogen) atoms. The summed E-state index contributed by atoms with van der Waals surface area (Å²) in [6.07, 6.45) is 12.8. The van der Waals surface area contributed by atoms with Crippen LogP contribution in [0.5, 0.6) is 5.75 Å². The third kappa shape index (κ3) is 5.25. The fourth-order valence-electron chi connectivity index (χ4n) is 8.95. The van der Waals surface area contributed by atoms with Crippen LogP contribution in [0.25, 0.3) is 11.0 Å². The van der Waals surface area contributed by atoms with Crippen LogP contribution in [0.3, 0.4) is 0 Å². The summed E-state index contributed by atoms with van der Waals surface area (Å²) in [5.74, 6) is 1.26. The van der Waals surface area contributed by atoms with Gasteiger partial charge in [0.2, 0.25) is 5.91 Å². The summed E-state index contributed by atoms with van der Waals surface area (Å²) < 4.78 is 19.4. The predicted molar refractivity (Wildman–Crippen MR) is 193 cm³/mol. The van der Waals surface area contributed by atoms with Crippen LogP contribution in [0.15, 0.2) is 79.8 Å². The van der Waals surface area contributed by atoms with E-state index in [-0.39, 0.29) is 29.0 Å². The highest BCUT2D eigenvalue weighted by Gasteiger charge is 2.64. The third-order valence-electron chi connectivity index (χ3n) is 11.9. The number of hydrogen-bond acceptors (Lipinski definition) is 10. The molecule has 1 amide bonds. The van der Waals surface area contributed by atoms with Gasteiger partial charge in [-0.25, -0.2) is 9.59 Å². The van der Waals surface area contributed by atoms with Crippen LogP contribution in [0.4, 0.5) is 0 Å². The molecule has 4 atom stereocenters. The van der Waals surface area contributed by atoms with Gasteiger partial charge in [0.15, 0.2) is 11.2 Å². The molecule has 2 fully saturated rings. The summed E-state index contributed by atoms with van der Waals surface area (Å²) in [5.41, 5.74) is 8.91. The zero-order valence-corrected chi connectivity index (χ0v) is 29.9. The van der Waals surface area contributed by atoms with Crippen molar-refractivity contribution in [3.05, 3.63) is 86.6 Å². The molecule has 2 aliphatic carbocycles. The number of rotatable bonds is 2. The average molecular weight is 702 g/mol. The Balaban J connectivity index is 1.31. The number of allylic oxidation sites excluding steroid dienone is 2. The number of dihydropyridines is 1. The number of nitrogens with one attached hydrogen (secondary N) is 1. The lowest BCUT2D eigenvalue weighted by Crippen LogP contribution is -2.65. The fourth-order valence-corrected chi connectivity index (χ4v) is 12.6. The molecular formula is C38H43N3O6S2. The van der Waals surface area contributed by atoms with Crippen molar-refractivity contribution >= 4 is 44.4 Å². The molecule has 4 unspecified atom stereocenters. The van der Waals surface area contributed by atoms with Gasteiger partial charge in [-0.1, -0.05) is 52.2 Å². The van der Waals surface area contributed by atoms with Crippen molar-refractivity contribution in [1.82, 2.24) is 10.2 Å². The van der Waals surface area contributed by atoms with Crippen molar-refractivity contribution < 1.29 is 23.5 Å². The number of esters is 1.